The molecule has 2 atom stereocenters. The summed E-state index contributed by atoms with van der Waals surface area (Å²) in [6.45, 7) is 14.5. The Morgan fingerprint density at radius 1 is 0.492 bits per heavy atom. The first-order valence-electron chi connectivity index (χ1n) is 23.9. The second-order valence-corrected chi connectivity index (χ2v) is 17.4. The molecule has 0 aliphatic rings. The highest BCUT2D eigenvalue weighted by atomic mass is 16.7. The van der Waals surface area contributed by atoms with E-state index in [1.807, 2.05) is 38.1 Å². The Kier molecular flexibility index (Phi) is 23.4. The van der Waals surface area contributed by atoms with E-state index < -0.39 is 12.4 Å². The Morgan fingerprint density at radius 3 is 1.30 bits per heavy atom. The maximum Gasteiger partial charge on any atom is 0.225 e. The van der Waals surface area contributed by atoms with Crippen LogP contribution in [0, 0.1) is 27.7 Å². The topological polar surface area (TPSA) is 107 Å². The lowest BCUT2D eigenvalue weighted by atomic mass is 10.0. The third-order valence-corrected chi connectivity index (χ3v) is 11.6. The monoisotopic (exact) mass is 838 g/mol. The van der Waals surface area contributed by atoms with Crippen LogP contribution < -0.4 is 4.74 Å². The number of unbranched alkanes of at least 4 members (excludes halogenated alkanes) is 19. The van der Waals surface area contributed by atoms with Crippen LogP contribution >= 0.6 is 0 Å². The van der Waals surface area contributed by atoms with E-state index in [9.17, 15) is 10.2 Å². The van der Waals surface area contributed by atoms with Gasteiger partial charge in [0.1, 0.15) is 17.6 Å². The van der Waals surface area contributed by atoms with Gasteiger partial charge in [-0.15, -0.1) is 0 Å². The van der Waals surface area contributed by atoms with Gasteiger partial charge in [0.15, 0.2) is 17.5 Å². The molecule has 0 fully saturated rings. The molecule has 0 saturated heterocycles. The molecule has 0 bridgehead atoms. The van der Waals surface area contributed by atoms with Gasteiger partial charge in [0.2, 0.25) is 6.29 Å². The number of aliphatic hydroxyl groups is 1. The maximum atomic E-state index is 11.3. The Bertz CT molecular complexity index is 1760. The lowest BCUT2D eigenvalue weighted by molar-refractivity contribution is -0.140. The van der Waals surface area contributed by atoms with Gasteiger partial charge in [-0.3, -0.25) is 0 Å². The van der Waals surface area contributed by atoms with Crippen molar-refractivity contribution in [1.29, 1.82) is 0 Å². The number of hydrogen-bond donors (Lipinski definition) is 2. The number of phenolic OH excluding ortho intramolecular Hbond substituents is 1. The Hall–Kier alpha value is -3.85. The second kappa shape index (κ2) is 28.7. The van der Waals surface area contributed by atoms with Crippen LogP contribution in [-0.4, -0.2) is 57.4 Å². The quantitative estimate of drug-likeness (QED) is 0.0370. The fraction of sp³-hybridized carbons (Fsp3) is 0.604. The number of phenols is 1. The summed E-state index contributed by atoms with van der Waals surface area (Å²) in [7, 11) is 0. The minimum absolute atomic E-state index is 0.0363. The van der Waals surface area contributed by atoms with Crippen molar-refractivity contribution in [2.45, 2.75) is 189 Å². The molecule has 0 amide bonds. The number of aliphatic hydroxyl groups excluding tert-OH is 1. The van der Waals surface area contributed by atoms with Gasteiger partial charge >= 0.3 is 0 Å². The summed E-state index contributed by atoms with van der Waals surface area (Å²) in [6, 6.07) is 17.4. The van der Waals surface area contributed by atoms with E-state index in [0.29, 0.717) is 35.4 Å². The van der Waals surface area contributed by atoms with Crippen molar-refractivity contribution in [3.8, 4) is 45.7 Å². The van der Waals surface area contributed by atoms with Gasteiger partial charge in [0.25, 0.3) is 0 Å². The van der Waals surface area contributed by atoms with Gasteiger partial charge in [-0.1, -0.05) is 170 Å². The molecule has 1 heterocycles. The van der Waals surface area contributed by atoms with Crippen molar-refractivity contribution >= 4 is 0 Å². The molecule has 0 aliphatic heterocycles. The normalized spacial score (nSPS) is 12.5. The highest BCUT2D eigenvalue weighted by Gasteiger charge is 2.21. The lowest BCUT2D eigenvalue weighted by Gasteiger charge is -2.22. The number of ether oxygens (including phenoxy) is 3. The molecule has 0 spiro atoms. The number of nitrogens with zero attached hydrogens (tertiary/aromatic N) is 3. The summed E-state index contributed by atoms with van der Waals surface area (Å²) in [6.07, 6.45) is 25.5. The van der Waals surface area contributed by atoms with Crippen molar-refractivity contribution in [2.24, 2.45) is 0 Å². The molecule has 0 saturated carbocycles. The first-order chi connectivity index (χ1) is 29.7. The van der Waals surface area contributed by atoms with Crippen molar-refractivity contribution in [3.05, 3.63) is 76.9 Å². The van der Waals surface area contributed by atoms with E-state index in [2.05, 4.69) is 32.9 Å². The van der Waals surface area contributed by atoms with Crippen LogP contribution in [0.2, 0.25) is 0 Å². The molecule has 3 aromatic carbocycles. The summed E-state index contributed by atoms with van der Waals surface area (Å²) < 4.78 is 17.9. The van der Waals surface area contributed by atoms with E-state index in [-0.39, 0.29) is 5.75 Å². The Balaban J connectivity index is 1.11. The molecule has 4 rings (SSSR count). The molecule has 2 N–H and O–H groups in total. The largest absolute Gasteiger partial charge is 0.507 e. The average Bonchev–Trinajstić information content (AvgIpc) is 3.23. The molecule has 8 heteroatoms. The second-order valence-electron chi connectivity index (χ2n) is 17.4. The van der Waals surface area contributed by atoms with E-state index in [0.717, 1.165) is 59.4 Å². The lowest BCUT2D eigenvalue weighted by Crippen LogP contribution is -2.32. The van der Waals surface area contributed by atoms with Gasteiger partial charge in [-0.25, -0.2) is 15.0 Å². The molecule has 4 aromatic rings. The smallest absolute Gasteiger partial charge is 0.225 e. The van der Waals surface area contributed by atoms with Crippen LogP contribution in [0.15, 0.2) is 54.6 Å². The molecular formula is C53H79N3O5. The number of hydrogen-bond acceptors (Lipinski definition) is 8. The highest BCUT2D eigenvalue weighted by molar-refractivity contribution is 5.72. The van der Waals surface area contributed by atoms with Crippen molar-refractivity contribution in [1.82, 2.24) is 15.0 Å². The van der Waals surface area contributed by atoms with Crippen molar-refractivity contribution < 1.29 is 24.4 Å². The molecule has 61 heavy (non-hydrogen) atoms. The van der Waals surface area contributed by atoms with Crippen LogP contribution in [0.1, 0.15) is 171 Å². The number of aromatic hydroxyl groups is 1. The standard InChI is InChI=1S/C53H79N3O5/c1-7-8-9-10-11-12-16-19-22-25-34-59-35-26-23-20-17-14-13-15-18-21-24-27-36-60-53(44(6)57)61-45-30-33-48(49(58)39-45)52-55-50(46-31-28-40(2)37-42(46)4)54-51(56-52)47-32-29-41(3)38-43(47)5/h28-33,37-39,44,53,57-58H,7-27,34-36H2,1-6H3. The number of aryl methyl sites for hydroxylation is 4. The number of benzene rings is 3. The SMILES string of the molecule is CCCCCCCCCCCCOCCCCCCCCCCCCCOC(Oc1ccc(-c2nc(-c3ccc(C)cc3C)nc(-c3ccc(C)cc3C)n2)c(O)c1)C(C)O. The zero-order valence-electron chi connectivity index (χ0n) is 38.8. The fourth-order valence-corrected chi connectivity index (χ4v) is 7.94. The summed E-state index contributed by atoms with van der Waals surface area (Å²) in [5.41, 5.74) is 6.70. The summed E-state index contributed by atoms with van der Waals surface area (Å²) in [5.74, 6) is 1.79. The summed E-state index contributed by atoms with van der Waals surface area (Å²) >= 11 is 0. The van der Waals surface area contributed by atoms with Gasteiger partial charge in [0, 0.05) is 30.4 Å². The van der Waals surface area contributed by atoms with Crippen LogP contribution in [0.4, 0.5) is 0 Å². The third-order valence-electron chi connectivity index (χ3n) is 11.6. The minimum Gasteiger partial charge on any atom is -0.507 e. The average molecular weight is 838 g/mol. The van der Waals surface area contributed by atoms with Crippen LogP contribution in [-0.2, 0) is 9.47 Å². The number of aromatic nitrogens is 3. The number of rotatable bonds is 32. The minimum atomic E-state index is -0.856. The maximum absolute atomic E-state index is 11.3. The summed E-state index contributed by atoms with van der Waals surface area (Å²) in [4.78, 5) is 14.6. The van der Waals surface area contributed by atoms with E-state index >= 15 is 0 Å². The van der Waals surface area contributed by atoms with Gasteiger partial charge < -0.3 is 24.4 Å². The van der Waals surface area contributed by atoms with Crippen LogP contribution in [0.25, 0.3) is 34.2 Å². The molecule has 0 radical (unpaired) electrons. The molecule has 336 valence electrons. The molecule has 2 unspecified atom stereocenters. The zero-order valence-corrected chi connectivity index (χ0v) is 38.8. The molecule has 1 aromatic heterocycles. The van der Waals surface area contributed by atoms with Crippen molar-refractivity contribution in [3.63, 3.8) is 0 Å². The zero-order chi connectivity index (χ0) is 43.7. The van der Waals surface area contributed by atoms with Gasteiger partial charge in [-0.2, -0.15) is 0 Å². The van der Waals surface area contributed by atoms with E-state index in [1.165, 1.54) is 128 Å². The summed E-state index contributed by atoms with van der Waals surface area (Å²) in [5, 5.41) is 21.8. The molecule has 0 aliphatic carbocycles. The van der Waals surface area contributed by atoms with E-state index in [1.54, 1.807) is 19.1 Å². The first kappa shape index (κ1) is 49.8. The molecular weight excluding hydrogens is 759 g/mol. The Labute approximate surface area is 369 Å². The highest BCUT2D eigenvalue weighted by Crippen LogP contribution is 2.34. The van der Waals surface area contributed by atoms with Crippen LogP contribution in [0.3, 0.4) is 0 Å². The first-order valence-corrected chi connectivity index (χ1v) is 23.9. The van der Waals surface area contributed by atoms with E-state index in [4.69, 9.17) is 29.2 Å². The third kappa shape index (κ3) is 18.6. The Morgan fingerprint density at radius 2 is 0.885 bits per heavy atom. The van der Waals surface area contributed by atoms with Crippen molar-refractivity contribution in [2.75, 3.05) is 19.8 Å². The van der Waals surface area contributed by atoms with Gasteiger partial charge in [-0.05, 0) is 77.1 Å². The fourth-order valence-electron chi connectivity index (χ4n) is 7.94. The van der Waals surface area contributed by atoms with Gasteiger partial charge in [0.05, 0.1) is 12.2 Å². The predicted octanol–water partition coefficient (Wildman–Crippen LogP) is 14.1. The predicted molar refractivity (Wildman–Crippen MR) is 252 cm³/mol. The molecule has 8 nitrogen and oxygen atoms in total. The van der Waals surface area contributed by atoms with Crippen LogP contribution in [0.5, 0.6) is 11.5 Å².